The second-order valence-corrected chi connectivity index (χ2v) is 9.63. The van der Waals surface area contributed by atoms with Crippen molar-refractivity contribution in [1.82, 2.24) is 0 Å². The minimum atomic E-state index is -1.50. The monoisotopic (exact) mass is 507 g/mol. The lowest BCUT2D eigenvalue weighted by Crippen LogP contribution is -2.51. The Morgan fingerprint density at radius 3 is 1.97 bits per heavy atom. The fourth-order valence-electron chi connectivity index (χ4n) is 3.15. The van der Waals surface area contributed by atoms with Crippen LogP contribution < -0.4 is 15.2 Å². The van der Waals surface area contributed by atoms with Crippen molar-refractivity contribution in [2.24, 2.45) is 23.5 Å². The predicted octanol–water partition coefficient (Wildman–Crippen LogP) is 3.98. The zero-order valence-electron chi connectivity index (χ0n) is 22.6. The Balaban J connectivity index is 3.20. The Bertz CT molecular complexity index is 913. The van der Waals surface area contributed by atoms with Gasteiger partial charge in [-0.15, -0.1) is 0 Å². The molecule has 0 bridgehead atoms. The lowest BCUT2D eigenvalue weighted by molar-refractivity contribution is -0.151. The van der Waals surface area contributed by atoms with Crippen LogP contribution in [0.5, 0.6) is 11.5 Å². The summed E-state index contributed by atoms with van der Waals surface area (Å²) in [6.07, 6.45) is 1.46. The predicted molar refractivity (Wildman–Crippen MR) is 134 cm³/mol. The maximum absolute atomic E-state index is 12.6. The van der Waals surface area contributed by atoms with Crippen molar-refractivity contribution >= 4 is 23.9 Å². The van der Waals surface area contributed by atoms with Gasteiger partial charge in [0.25, 0.3) is 0 Å². The molecule has 9 heteroatoms. The van der Waals surface area contributed by atoms with E-state index in [1.807, 2.05) is 27.7 Å². The molecule has 0 saturated carbocycles. The third kappa shape index (κ3) is 9.60. The zero-order chi connectivity index (χ0) is 27.5. The molecule has 2 unspecified atom stereocenters. The van der Waals surface area contributed by atoms with Crippen molar-refractivity contribution in [3.05, 3.63) is 23.8 Å². The first-order valence-electron chi connectivity index (χ1n) is 12.5. The van der Waals surface area contributed by atoms with Crippen LogP contribution in [0.25, 0.3) is 0 Å². The lowest BCUT2D eigenvalue weighted by Gasteiger charge is -2.27. The van der Waals surface area contributed by atoms with E-state index in [0.29, 0.717) is 18.4 Å². The molecule has 36 heavy (non-hydrogen) atoms. The van der Waals surface area contributed by atoms with Gasteiger partial charge < -0.3 is 24.7 Å². The highest BCUT2D eigenvalue weighted by molar-refractivity contribution is 5.81. The van der Waals surface area contributed by atoms with Crippen LogP contribution in [0.2, 0.25) is 0 Å². The Labute approximate surface area is 214 Å². The number of hydrogen-bond acceptors (Lipinski definition) is 9. The third-order valence-electron chi connectivity index (χ3n) is 5.96. The van der Waals surface area contributed by atoms with E-state index in [4.69, 9.17) is 24.7 Å². The molecule has 1 aromatic rings. The van der Waals surface area contributed by atoms with Gasteiger partial charge in [-0.2, -0.15) is 0 Å². The van der Waals surface area contributed by atoms with Crippen LogP contribution in [-0.2, 0) is 35.1 Å². The molecule has 9 nitrogen and oxygen atoms in total. The summed E-state index contributed by atoms with van der Waals surface area (Å²) in [6, 6.07) is 4.67. The number of carbonyl (C=O) groups excluding carboxylic acids is 4. The fourth-order valence-corrected chi connectivity index (χ4v) is 3.15. The van der Waals surface area contributed by atoms with Crippen molar-refractivity contribution in [2.75, 3.05) is 13.7 Å². The molecular weight excluding hydrogens is 466 g/mol. The van der Waals surface area contributed by atoms with Crippen molar-refractivity contribution in [3.8, 4) is 11.5 Å². The molecule has 0 aromatic heterocycles. The summed E-state index contributed by atoms with van der Waals surface area (Å²) >= 11 is 0. The van der Waals surface area contributed by atoms with E-state index in [-0.39, 0.29) is 61.1 Å². The SMILES string of the molecule is CCC(C)C(=O)Oc1ccc(C[C@](N)(CCOC(=O)CC(C)C)C(=O)OC)cc1OC(=O)C(C)CC. The van der Waals surface area contributed by atoms with Gasteiger partial charge in [-0.3, -0.25) is 19.2 Å². The van der Waals surface area contributed by atoms with Crippen LogP contribution in [0.1, 0.15) is 72.8 Å². The molecule has 0 fully saturated rings. The van der Waals surface area contributed by atoms with Crippen LogP contribution in [0, 0.1) is 17.8 Å². The smallest absolute Gasteiger partial charge is 0.326 e. The summed E-state index contributed by atoms with van der Waals surface area (Å²) < 4.78 is 21.2. The summed E-state index contributed by atoms with van der Waals surface area (Å²) in [4.78, 5) is 49.3. The van der Waals surface area contributed by atoms with E-state index < -0.39 is 23.4 Å². The van der Waals surface area contributed by atoms with Gasteiger partial charge in [0.05, 0.1) is 25.6 Å². The van der Waals surface area contributed by atoms with E-state index in [9.17, 15) is 19.2 Å². The normalized spacial score (nSPS) is 14.4. The van der Waals surface area contributed by atoms with Gasteiger partial charge in [-0.05, 0) is 36.5 Å². The molecule has 0 saturated heterocycles. The number of rotatable bonds is 14. The largest absolute Gasteiger partial charge is 0.468 e. The molecule has 0 heterocycles. The molecular formula is C27H41NO8. The Hall–Kier alpha value is -2.94. The van der Waals surface area contributed by atoms with Crippen molar-refractivity contribution < 1.29 is 38.1 Å². The van der Waals surface area contributed by atoms with Gasteiger partial charge in [-0.25, -0.2) is 0 Å². The number of methoxy groups -OCH3 is 1. The fraction of sp³-hybridized carbons (Fsp3) is 0.630. The molecule has 3 atom stereocenters. The first kappa shape index (κ1) is 31.1. The van der Waals surface area contributed by atoms with Crippen LogP contribution in [0.15, 0.2) is 18.2 Å². The van der Waals surface area contributed by atoms with Gasteiger partial charge in [0.15, 0.2) is 11.5 Å². The molecule has 0 amide bonds. The van der Waals surface area contributed by atoms with Gasteiger partial charge in [0, 0.05) is 19.3 Å². The second-order valence-electron chi connectivity index (χ2n) is 9.63. The summed E-state index contributed by atoms with van der Waals surface area (Å²) in [5.74, 6) is -2.36. The second kappa shape index (κ2) is 14.6. The number of benzene rings is 1. The lowest BCUT2D eigenvalue weighted by atomic mass is 9.88. The van der Waals surface area contributed by atoms with E-state index >= 15 is 0 Å². The maximum Gasteiger partial charge on any atom is 0.326 e. The molecule has 0 aliphatic carbocycles. The summed E-state index contributed by atoms with van der Waals surface area (Å²) in [5.41, 5.74) is 5.46. The Morgan fingerprint density at radius 2 is 1.47 bits per heavy atom. The molecule has 0 spiro atoms. The minimum absolute atomic E-state index is 0.00880. The highest BCUT2D eigenvalue weighted by Gasteiger charge is 2.36. The highest BCUT2D eigenvalue weighted by atomic mass is 16.6. The number of esters is 4. The van der Waals surface area contributed by atoms with Crippen molar-refractivity contribution in [1.29, 1.82) is 0 Å². The van der Waals surface area contributed by atoms with E-state index in [1.54, 1.807) is 19.9 Å². The third-order valence-corrected chi connectivity index (χ3v) is 5.96. The molecule has 2 N–H and O–H groups in total. The number of nitrogens with two attached hydrogens (primary N) is 1. The van der Waals surface area contributed by atoms with Gasteiger partial charge in [0.2, 0.25) is 0 Å². The Kier molecular flexibility index (Phi) is 12.6. The van der Waals surface area contributed by atoms with Crippen molar-refractivity contribution in [2.45, 2.75) is 79.2 Å². The van der Waals surface area contributed by atoms with E-state index in [0.717, 1.165) is 0 Å². The van der Waals surface area contributed by atoms with Gasteiger partial charge in [0.1, 0.15) is 5.54 Å². The van der Waals surface area contributed by atoms with Crippen LogP contribution in [-0.4, -0.2) is 43.1 Å². The minimum Gasteiger partial charge on any atom is -0.468 e. The average Bonchev–Trinajstić information content (AvgIpc) is 2.83. The summed E-state index contributed by atoms with van der Waals surface area (Å²) in [7, 11) is 1.23. The number of hydrogen-bond donors (Lipinski definition) is 1. The number of carbonyl (C=O) groups is 4. The summed E-state index contributed by atoms with van der Waals surface area (Å²) in [5, 5.41) is 0. The first-order chi connectivity index (χ1) is 16.9. The van der Waals surface area contributed by atoms with Gasteiger partial charge in [-0.1, -0.05) is 47.6 Å². The van der Waals surface area contributed by atoms with Gasteiger partial charge >= 0.3 is 23.9 Å². The molecule has 0 aliphatic rings. The highest BCUT2D eigenvalue weighted by Crippen LogP contribution is 2.32. The average molecular weight is 508 g/mol. The quantitative estimate of drug-likeness (QED) is 0.293. The molecule has 0 aliphatic heterocycles. The van der Waals surface area contributed by atoms with Crippen LogP contribution in [0.3, 0.4) is 0 Å². The standard InChI is InChI=1S/C27H41NO8/c1-8-18(5)24(30)35-21-11-10-20(15-22(21)36-25(31)19(6)9-2)16-27(28,26(32)33-7)12-13-34-23(29)14-17(3)4/h10-11,15,17-19H,8-9,12-14,16,28H2,1-7H3/t18?,19?,27-/m1/s1. The Morgan fingerprint density at radius 1 is 0.917 bits per heavy atom. The molecule has 0 radical (unpaired) electrons. The topological polar surface area (TPSA) is 131 Å². The van der Waals surface area contributed by atoms with E-state index in [2.05, 4.69) is 0 Å². The van der Waals surface area contributed by atoms with Crippen molar-refractivity contribution in [3.63, 3.8) is 0 Å². The molecule has 1 rings (SSSR count). The van der Waals surface area contributed by atoms with E-state index in [1.165, 1.54) is 19.2 Å². The summed E-state index contributed by atoms with van der Waals surface area (Å²) in [6.45, 7) is 11.0. The van der Waals surface area contributed by atoms with Crippen LogP contribution in [0.4, 0.5) is 0 Å². The zero-order valence-corrected chi connectivity index (χ0v) is 22.6. The molecule has 202 valence electrons. The molecule has 1 aromatic carbocycles. The maximum atomic E-state index is 12.6. The van der Waals surface area contributed by atoms with Crippen LogP contribution >= 0.6 is 0 Å². The number of ether oxygens (including phenoxy) is 4. The first-order valence-corrected chi connectivity index (χ1v) is 12.5.